The second-order valence-corrected chi connectivity index (χ2v) is 7.12. The van der Waals surface area contributed by atoms with Gasteiger partial charge in [-0.2, -0.15) is 5.26 Å². The van der Waals surface area contributed by atoms with E-state index in [1.807, 2.05) is 41.8 Å². The van der Waals surface area contributed by atoms with Gasteiger partial charge in [0.15, 0.2) is 5.16 Å². The lowest BCUT2D eigenvalue weighted by Gasteiger charge is -2.09. The lowest BCUT2D eigenvalue weighted by atomic mass is 10.2. The molecule has 0 spiro atoms. The number of amides is 1. The average molecular weight is 408 g/mol. The van der Waals surface area contributed by atoms with Crippen LogP contribution in [0.3, 0.4) is 0 Å². The number of pyridine rings is 1. The third-order valence-electron chi connectivity index (χ3n) is 4.09. The smallest absolute Gasteiger partial charge is 0.230 e. The fourth-order valence-electron chi connectivity index (χ4n) is 2.62. The molecule has 0 radical (unpaired) electrons. The number of benzene rings is 1. The summed E-state index contributed by atoms with van der Waals surface area (Å²) in [5, 5.41) is 24.0. The molecule has 0 unspecified atom stereocenters. The van der Waals surface area contributed by atoms with E-state index in [2.05, 4.69) is 31.9 Å². The highest BCUT2D eigenvalue weighted by atomic mass is 32.2. The molecule has 29 heavy (non-hydrogen) atoms. The Kier molecular flexibility index (Phi) is 7.19. The molecule has 2 heterocycles. The Hall–Kier alpha value is -3.38. The second-order valence-electron chi connectivity index (χ2n) is 6.18. The van der Waals surface area contributed by atoms with Gasteiger partial charge in [0.2, 0.25) is 5.91 Å². The zero-order valence-electron chi connectivity index (χ0n) is 16.0. The quantitative estimate of drug-likeness (QED) is 0.413. The van der Waals surface area contributed by atoms with Crippen molar-refractivity contribution in [2.75, 3.05) is 24.2 Å². The van der Waals surface area contributed by atoms with Gasteiger partial charge in [-0.1, -0.05) is 42.1 Å². The summed E-state index contributed by atoms with van der Waals surface area (Å²) in [4.78, 5) is 16.3. The van der Waals surface area contributed by atoms with Crippen molar-refractivity contribution in [1.29, 1.82) is 5.26 Å². The first-order chi connectivity index (χ1) is 14.2. The first kappa shape index (κ1) is 20.4. The maximum atomic E-state index is 12.1. The van der Waals surface area contributed by atoms with Crippen LogP contribution >= 0.6 is 11.8 Å². The van der Waals surface area contributed by atoms with Gasteiger partial charge in [-0.05, 0) is 24.6 Å². The van der Waals surface area contributed by atoms with E-state index in [1.54, 1.807) is 18.3 Å². The van der Waals surface area contributed by atoms with Crippen LogP contribution in [0.4, 0.5) is 5.82 Å². The van der Waals surface area contributed by atoms with Gasteiger partial charge >= 0.3 is 0 Å². The standard InChI is InChI=1S/C20H21N7OS/c1-15-25-26-20(27(15)13-16-6-3-2-4-7-16)29-14-18(28)22-10-11-24-19-17(12-21)8-5-9-23-19/h2-9H,10-11,13-14H2,1H3,(H,22,28)(H,23,24). The number of hydrogen-bond acceptors (Lipinski definition) is 7. The highest BCUT2D eigenvalue weighted by Crippen LogP contribution is 2.18. The topological polar surface area (TPSA) is 109 Å². The minimum absolute atomic E-state index is 0.0924. The molecular formula is C20H21N7OS. The molecule has 2 N–H and O–H groups in total. The van der Waals surface area contributed by atoms with Crippen LogP contribution in [0.5, 0.6) is 0 Å². The van der Waals surface area contributed by atoms with Gasteiger partial charge in [0.05, 0.1) is 17.9 Å². The number of rotatable bonds is 9. The van der Waals surface area contributed by atoms with Crippen molar-refractivity contribution in [3.8, 4) is 6.07 Å². The van der Waals surface area contributed by atoms with Gasteiger partial charge in [-0.3, -0.25) is 4.79 Å². The van der Waals surface area contributed by atoms with E-state index < -0.39 is 0 Å². The van der Waals surface area contributed by atoms with Crippen LogP contribution in [0, 0.1) is 18.3 Å². The molecule has 0 bridgehead atoms. The second kappa shape index (κ2) is 10.2. The SMILES string of the molecule is Cc1nnc(SCC(=O)NCCNc2ncccc2C#N)n1Cc1ccccc1. The Morgan fingerprint density at radius 3 is 2.79 bits per heavy atom. The normalized spacial score (nSPS) is 10.3. The third-order valence-corrected chi connectivity index (χ3v) is 5.05. The van der Waals surface area contributed by atoms with Crippen LogP contribution < -0.4 is 10.6 Å². The van der Waals surface area contributed by atoms with Crippen LogP contribution in [0.1, 0.15) is 17.0 Å². The van der Waals surface area contributed by atoms with Crippen molar-refractivity contribution in [1.82, 2.24) is 25.1 Å². The summed E-state index contributed by atoms with van der Waals surface area (Å²) in [5.41, 5.74) is 1.63. The molecule has 0 fully saturated rings. The molecular weight excluding hydrogens is 386 g/mol. The van der Waals surface area contributed by atoms with E-state index in [9.17, 15) is 4.79 Å². The molecule has 0 saturated heterocycles. The first-order valence-corrected chi connectivity index (χ1v) is 10.1. The number of anilines is 1. The minimum atomic E-state index is -0.0924. The zero-order valence-corrected chi connectivity index (χ0v) is 16.8. The fraction of sp³-hybridized carbons (Fsp3) is 0.250. The van der Waals surface area contributed by atoms with Crippen LogP contribution in [0.25, 0.3) is 0 Å². The summed E-state index contributed by atoms with van der Waals surface area (Å²) in [6, 6.07) is 15.5. The van der Waals surface area contributed by atoms with E-state index in [4.69, 9.17) is 5.26 Å². The largest absolute Gasteiger partial charge is 0.367 e. The molecule has 1 amide bonds. The molecule has 2 aromatic heterocycles. The Morgan fingerprint density at radius 2 is 2.00 bits per heavy atom. The van der Waals surface area contributed by atoms with Gasteiger partial charge < -0.3 is 15.2 Å². The molecule has 3 rings (SSSR count). The molecule has 3 aromatic rings. The van der Waals surface area contributed by atoms with E-state index in [0.29, 0.717) is 36.2 Å². The molecule has 0 aliphatic heterocycles. The summed E-state index contributed by atoms with van der Waals surface area (Å²) >= 11 is 1.36. The molecule has 8 nitrogen and oxygen atoms in total. The molecule has 1 aromatic carbocycles. The lowest BCUT2D eigenvalue weighted by molar-refractivity contribution is -0.118. The summed E-state index contributed by atoms with van der Waals surface area (Å²) in [6.45, 7) is 3.47. The number of thioether (sulfide) groups is 1. The van der Waals surface area contributed by atoms with Crippen molar-refractivity contribution < 1.29 is 4.79 Å². The van der Waals surface area contributed by atoms with Crippen LogP contribution in [0.2, 0.25) is 0 Å². The average Bonchev–Trinajstić information content (AvgIpc) is 3.10. The van der Waals surface area contributed by atoms with E-state index in [0.717, 1.165) is 11.4 Å². The van der Waals surface area contributed by atoms with Crippen LogP contribution in [0.15, 0.2) is 53.8 Å². The highest BCUT2D eigenvalue weighted by Gasteiger charge is 2.12. The van der Waals surface area contributed by atoms with Gasteiger partial charge in [0.1, 0.15) is 17.7 Å². The van der Waals surface area contributed by atoms with Crippen molar-refractivity contribution in [2.24, 2.45) is 0 Å². The molecule has 9 heteroatoms. The molecule has 148 valence electrons. The van der Waals surface area contributed by atoms with Crippen LogP contribution in [-0.4, -0.2) is 44.5 Å². The van der Waals surface area contributed by atoms with Gasteiger partial charge in [-0.15, -0.1) is 10.2 Å². The number of nitrogens with zero attached hydrogens (tertiary/aromatic N) is 5. The molecule has 0 aliphatic rings. The Morgan fingerprint density at radius 1 is 1.17 bits per heavy atom. The Labute approximate surface area is 173 Å². The minimum Gasteiger partial charge on any atom is -0.367 e. The lowest BCUT2D eigenvalue weighted by Crippen LogP contribution is -2.30. The molecule has 0 aliphatic carbocycles. The maximum absolute atomic E-state index is 12.1. The third kappa shape index (κ3) is 5.80. The number of hydrogen-bond donors (Lipinski definition) is 2. The summed E-state index contributed by atoms with van der Waals surface area (Å²) in [5.74, 6) is 1.48. The van der Waals surface area contributed by atoms with Gasteiger partial charge in [0, 0.05) is 19.3 Å². The maximum Gasteiger partial charge on any atom is 0.230 e. The van der Waals surface area contributed by atoms with Crippen molar-refractivity contribution in [3.63, 3.8) is 0 Å². The summed E-state index contributed by atoms with van der Waals surface area (Å²) < 4.78 is 2.00. The molecule has 0 atom stereocenters. The van der Waals surface area contributed by atoms with E-state index >= 15 is 0 Å². The monoisotopic (exact) mass is 407 g/mol. The predicted octanol–water partition coefficient (Wildman–Crippen LogP) is 2.22. The van der Waals surface area contributed by atoms with Gasteiger partial charge in [0.25, 0.3) is 0 Å². The zero-order chi connectivity index (χ0) is 20.5. The number of nitrogens with one attached hydrogen (secondary N) is 2. The Balaban J connectivity index is 1.45. The van der Waals surface area contributed by atoms with E-state index in [-0.39, 0.29) is 11.7 Å². The number of aryl methyl sites for hydroxylation is 1. The first-order valence-electron chi connectivity index (χ1n) is 9.09. The van der Waals surface area contributed by atoms with Crippen molar-refractivity contribution >= 4 is 23.5 Å². The summed E-state index contributed by atoms with van der Waals surface area (Å²) in [7, 11) is 0. The van der Waals surface area contributed by atoms with Crippen molar-refractivity contribution in [2.45, 2.75) is 18.6 Å². The predicted molar refractivity (Wildman–Crippen MR) is 111 cm³/mol. The number of nitriles is 1. The Bertz CT molecular complexity index is 998. The van der Waals surface area contributed by atoms with Crippen molar-refractivity contribution in [3.05, 3.63) is 65.6 Å². The van der Waals surface area contributed by atoms with Gasteiger partial charge in [-0.25, -0.2) is 4.98 Å². The summed E-state index contributed by atoms with van der Waals surface area (Å²) in [6.07, 6.45) is 1.62. The number of carbonyl (C=O) groups is 1. The van der Waals surface area contributed by atoms with E-state index in [1.165, 1.54) is 11.8 Å². The molecule has 0 saturated carbocycles. The highest BCUT2D eigenvalue weighted by molar-refractivity contribution is 7.99. The fourth-order valence-corrected chi connectivity index (χ4v) is 3.43. The number of carbonyl (C=O) groups excluding carboxylic acids is 1. The van der Waals surface area contributed by atoms with Crippen LogP contribution in [-0.2, 0) is 11.3 Å². The number of aromatic nitrogens is 4.